The first kappa shape index (κ1) is 24.5. The molecule has 1 aliphatic rings. The summed E-state index contributed by atoms with van der Waals surface area (Å²) < 4.78 is 51.3. The van der Waals surface area contributed by atoms with E-state index in [4.69, 9.17) is 21.1 Å². The van der Waals surface area contributed by atoms with Gasteiger partial charge in [-0.1, -0.05) is 29.8 Å². The third-order valence-electron chi connectivity index (χ3n) is 6.05. The number of ether oxygens (including phenoxy) is 2. The molecule has 0 radical (unpaired) electrons. The van der Waals surface area contributed by atoms with Gasteiger partial charge in [0, 0.05) is 17.5 Å². The van der Waals surface area contributed by atoms with Crippen molar-refractivity contribution in [1.29, 1.82) is 0 Å². The van der Waals surface area contributed by atoms with Gasteiger partial charge in [-0.3, -0.25) is 0 Å². The lowest BCUT2D eigenvalue weighted by molar-refractivity contribution is -0.131. The van der Waals surface area contributed by atoms with Crippen LogP contribution in [0.25, 0.3) is 11.0 Å². The fraction of sp³-hybridized carbons (Fsp3) is 0.296. The molecule has 0 amide bonds. The summed E-state index contributed by atoms with van der Waals surface area (Å²) >= 11 is 5.93. The summed E-state index contributed by atoms with van der Waals surface area (Å²) in [7, 11) is 0. The van der Waals surface area contributed by atoms with Crippen LogP contribution in [0.2, 0.25) is 5.02 Å². The number of fused-ring (bicyclic) bond motifs is 1. The summed E-state index contributed by atoms with van der Waals surface area (Å²) in [5, 5.41) is 3.52. The van der Waals surface area contributed by atoms with Crippen LogP contribution in [0.1, 0.15) is 17.5 Å². The lowest BCUT2D eigenvalue weighted by atomic mass is 9.98. The minimum Gasteiger partial charge on any atom is -0.457 e. The highest BCUT2D eigenvalue weighted by Gasteiger charge is 2.26. The maximum atomic E-state index is 12.7. The molecule has 1 aliphatic heterocycles. The molecule has 0 unspecified atom stereocenters. The molecule has 1 fully saturated rings. The molecule has 1 N–H and O–H groups in total. The maximum Gasteiger partial charge on any atom is 0.390 e. The van der Waals surface area contributed by atoms with E-state index in [0.717, 1.165) is 41.8 Å². The van der Waals surface area contributed by atoms with Crippen molar-refractivity contribution in [3.8, 4) is 11.5 Å². The van der Waals surface area contributed by atoms with Crippen molar-refractivity contribution in [1.82, 2.24) is 9.55 Å². The van der Waals surface area contributed by atoms with Crippen LogP contribution in [-0.4, -0.2) is 35.5 Å². The number of imidazole rings is 1. The molecule has 1 saturated heterocycles. The Morgan fingerprint density at radius 1 is 0.972 bits per heavy atom. The van der Waals surface area contributed by atoms with Gasteiger partial charge < -0.3 is 19.4 Å². The van der Waals surface area contributed by atoms with Gasteiger partial charge in [0.25, 0.3) is 0 Å². The molecule has 9 heteroatoms. The molecule has 1 aromatic heterocycles. The largest absolute Gasteiger partial charge is 0.457 e. The number of benzene rings is 3. The van der Waals surface area contributed by atoms with Crippen molar-refractivity contribution in [3.05, 3.63) is 82.9 Å². The van der Waals surface area contributed by atoms with Gasteiger partial charge in [0.2, 0.25) is 5.95 Å². The minimum absolute atomic E-state index is 0.243. The lowest BCUT2D eigenvalue weighted by Crippen LogP contribution is -2.29. The third kappa shape index (κ3) is 6.12. The normalized spacial score (nSPS) is 14.1. The van der Waals surface area contributed by atoms with Crippen LogP contribution in [0.5, 0.6) is 11.5 Å². The van der Waals surface area contributed by atoms with Crippen LogP contribution in [0.15, 0.2) is 66.7 Å². The fourth-order valence-corrected chi connectivity index (χ4v) is 4.25. The first-order valence-corrected chi connectivity index (χ1v) is 12.1. The second-order valence-electron chi connectivity index (χ2n) is 8.94. The molecule has 5 nitrogen and oxygen atoms in total. The molecule has 0 atom stereocenters. The monoisotopic (exact) mass is 515 g/mol. The molecule has 0 aliphatic carbocycles. The molecular formula is C27H25ClF3N3O2. The first-order chi connectivity index (χ1) is 17.3. The van der Waals surface area contributed by atoms with Gasteiger partial charge in [-0.15, -0.1) is 0 Å². The van der Waals surface area contributed by atoms with E-state index < -0.39 is 12.6 Å². The number of nitrogens with one attached hydrogen (secondary N) is 1. The van der Waals surface area contributed by atoms with Gasteiger partial charge in [-0.05, 0) is 66.1 Å². The third-order valence-corrected chi connectivity index (χ3v) is 6.30. The van der Waals surface area contributed by atoms with Crippen molar-refractivity contribution < 1.29 is 22.6 Å². The predicted molar refractivity (Wildman–Crippen MR) is 134 cm³/mol. The fourth-order valence-electron chi connectivity index (χ4n) is 4.13. The van der Waals surface area contributed by atoms with Crippen LogP contribution in [0.3, 0.4) is 0 Å². The van der Waals surface area contributed by atoms with Crippen molar-refractivity contribution in [2.75, 3.05) is 25.1 Å². The van der Waals surface area contributed by atoms with E-state index >= 15 is 0 Å². The van der Waals surface area contributed by atoms with Gasteiger partial charge in [0.15, 0.2) is 0 Å². The average molecular weight is 516 g/mol. The molecule has 0 saturated carbocycles. The van der Waals surface area contributed by atoms with E-state index in [1.807, 2.05) is 41.0 Å². The van der Waals surface area contributed by atoms with Crippen molar-refractivity contribution in [2.24, 2.45) is 5.92 Å². The molecular weight excluding hydrogens is 491 g/mol. The average Bonchev–Trinajstić information content (AvgIpc) is 3.15. The minimum atomic E-state index is -4.23. The van der Waals surface area contributed by atoms with Gasteiger partial charge >= 0.3 is 6.18 Å². The zero-order chi connectivity index (χ0) is 25.1. The topological polar surface area (TPSA) is 48.3 Å². The zero-order valence-corrected chi connectivity index (χ0v) is 20.1. The lowest BCUT2D eigenvalue weighted by Gasteiger charge is -2.25. The molecule has 5 rings (SSSR count). The van der Waals surface area contributed by atoms with Crippen LogP contribution in [0, 0.1) is 5.92 Å². The van der Waals surface area contributed by atoms with E-state index in [1.165, 1.54) is 0 Å². The smallest absolute Gasteiger partial charge is 0.390 e. The molecule has 0 spiro atoms. The van der Waals surface area contributed by atoms with E-state index in [2.05, 4.69) is 16.4 Å². The molecule has 3 aromatic carbocycles. The Balaban J connectivity index is 1.38. The number of hydrogen-bond donors (Lipinski definition) is 1. The number of anilines is 1. The van der Waals surface area contributed by atoms with Gasteiger partial charge in [-0.25, -0.2) is 4.98 Å². The SMILES string of the molecule is FC(F)(F)CCNc1nc2ccc(CC3COC3)cc2n1Cc1ccc(Oc2ccc(Cl)cc2)cc1. The standard InChI is InChI=1S/C27H25ClF3N3O2/c28-21-4-8-23(9-5-21)36-22-6-1-18(2-7-22)15-34-25-14-19(13-20-16-35-17-20)3-10-24(25)33-26(34)32-12-11-27(29,30)31/h1-10,14,20H,11-13,15-17H2,(H,32,33). The molecule has 2 heterocycles. The highest BCUT2D eigenvalue weighted by molar-refractivity contribution is 6.30. The van der Waals surface area contributed by atoms with Crippen LogP contribution in [0.4, 0.5) is 19.1 Å². The zero-order valence-electron chi connectivity index (χ0n) is 19.4. The Morgan fingerprint density at radius 3 is 2.28 bits per heavy atom. The quantitative estimate of drug-likeness (QED) is 0.259. The second kappa shape index (κ2) is 10.4. The summed E-state index contributed by atoms with van der Waals surface area (Å²) in [6.45, 7) is 1.72. The summed E-state index contributed by atoms with van der Waals surface area (Å²) in [4.78, 5) is 4.59. The Bertz CT molecular complexity index is 1320. The number of nitrogens with zero attached hydrogens (tertiary/aromatic N) is 2. The van der Waals surface area contributed by atoms with E-state index in [9.17, 15) is 13.2 Å². The van der Waals surface area contributed by atoms with Crippen molar-refractivity contribution in [2.45, 2.75) is 25.6 Å². The van der Waals surface area contributed by atoms with E-state index in [-0.39, 0.29) is 6.54 Å². The van der Waals surface area contributed by atoms with E-state index in [1.54, 1.807) is 24.3 Å². The van der Waals surface area contributed by atoms with Gasteiger partial charge in [0.1, 0.15) is 11.5 Å². The Hall–Kier alpha value is -3.23. The highest BCUT2D eigenvalue weighted by atomic mass is 35.5. The Labute approximate surface area is 211 Å². The van der Waals surface area contributed by atoms with Crippen molar-refractivity contribution in [3.63, 3.8) is 0 Å². The van der Waals surface area contributed by atoms with E-state index in [0.29, 0.717) is 34.9 Å². The summed E-state index contributed by atoms with van der Waals surface area (Å²) in [6, 6.07) is 20.7. The molecule has 4 aromatic rings. The van der Waals surface area contributed by atoms with Gasteiger partial charge in [-0.2, -0.15) is 13.2 Å². The van der Waals surface area contributed by atoms with Crippen LogP contribution in [-0.2, 0) is 17.7 Å². The number of alkyl halides is 3. The van der Waals surface area contributed by atoms with Crippen LogP contribution >= 0.6 is 11.6 Å². The Morgan fingerprint density at radius 2 is 1.64 bits per heavy atom. The summed E-state index contributed by atoms with van der Waals surface area (Å²) in [5.74, 6) is 2.26. The number of aromatic nitrogens is 2. The predicted octanol–water partition coefficient (Wildman–Crippen LogP) is 7.08. The Kier molecular flexibility index (Phi) is 7.07. The first-order valence-electron chi connectivity index (χ1n) is 11.7. The second-order valence-corrected chi connectivity index (χ2v) is 9.38. The van der Waals surface area contributed by atoms with Gasteiger partial charge in [0.05, 0.1) is 37.2 Å². The molecule has 188 valence electrons. The highest BCUT2D eigenvalue weighted by Crippen LogP contribution is 2.28. The summed E-state index contributed by atoms with van der Waals surface area (Å²) in [6.07, 6.45) is -4.27. The van der Waals surface area contributed by atoms with Crippen molar-refractivity contribution >= 4 is 28.6 Å². The van der Waals surface area contributed by atoms with Crippen LogP contribution < -0.4 is 10.1 Å². The maximum absolute atomic E-state index is 12.7. The number of hydrogen-bond acceptors (Lipinski definition) is 4. The molecule has 36 heavy (non-hydrogen) atoms. The number of rotatable bonds is 9. The number of halogens is 4. The summed E-state index contributed by atoms with van der Waals surface area (Å²) in [5.41, 5.74) is 3.74. The molecule has 0 bridgehead atoms.